The zero-order valence-electron chi connectivity index (χ0n) is 18.4. The van der Waals surface area contributed by atoms with E-state index in [1.54, 1.807) is 4.90 Å². The molecule has 7 nitrogen and oxygen atoms in total. The highest BCUT2D eigenvalue weighted by molar-refractivity contribution is 5.82. The van der Waals surface area contributed by atoms with Crippen molar-refractivity contribution in [1.82, 2.24) is 24.6 Å². The largest absolute Gasteiger partial charge is 0.341 e. The van der Waals surface area contributed by atoms with E-state index in [1.807, 2.05) is 29.2 Å². The van der Waals surface area contributed by atoms with Crippen molar-refractivity contribution in [3.8, 4) is 11.1 Å². The van der Waals surface area contributed by atoms with Gasteiger partial charge in [0.15, 0.2) is 0 Å². The van der Waals surface area contributed by atoms with Crippen LogP contribution in [0.5, 0.6) is 0 Å². The molecule has 0 saturated carbocycles. The van der Waals surface area contributed by atoms with E-state index in [4.69, 9.17) is 0 Å². The Morgan fingerprint density at radius 1 is 1.06 bits per heavy atom. The van der Waals surface area contributed by atoms with Crippen LogP contribution in [0.25, 0.3) is 11.1 Å². The second-order valence-corrected chi connectivity index (χ2v) is 8.23. The third kappa shape index (κ3) is 5.22. The van der Waals surface area contributed by atoms with E-state index in [-0.39, 0.29) is 24.3 Å². The lowest BCUT2D eigenvalue weighted by Crippen LogP contribution is -2.39. The van der Waals surface area contributed by atoms with E-state index in [0.29, 0.717) is 32.6 Å². The number of hydrogen-bond donors (Lipinski definition) is 0. The maximum atomic E-state index is 13.3. The molecule has 1 atom stereocenters. The fourth-order valence-corrected chi connectivity index (χ4v) is 4.26. The molecule has 0 N–H and O–H groups in total. The molecule has 1 aliphatic rings. The summed E-state index contributed by atoms with van der Waals surface area (Å²) in [5, 5.41) is 4.04. The van der Waals surface area contributed by atoms with Crippen LogP contribution in [0.1, 0.15) is 18.9 Å². The van der Waals surface area contributed by atoms with Gasteiger partial charge in [0.2, 0.25) is 11.8 Å². The fourth-order valence-electron chi connectivity index (χ4n) is 4.26. The van der Waals surface area contributed by atoms with Crippen molar-refractivity contribution in [3.63, 3.8) is 0 Å². The standard InChI is InChI=1S/C25H29N5O2/c1-2-11-28-12-13-29(24(31)17-30-19-26-18-27-30)16-23(25(28)32)15-20-7-6-10-22(14-20)21-8-4-3-5-9-21/h3-10,14,18-19,23H,2,11-13,15-17H2,1H3/t23-/m0/s1. The molecule has 1 fully saturated rings. The molecule has 7 heteroatoms. The molecule has 2 aromatic carbocycles. The van der Waals surface area contributed by atoms with Gasteiger partial charge in [-0.05, 0) is 29.5 Å². The third-order valence-corrected chi connectivity index (χ3v) is 5.87. The van der Waals surface area contributed by atoms with Gasteiger partial charge in [0.25, 0.3) is 0 Å². The monoisotopic (exact) mass is 431 g/mol. The highest BCUT2D eigenvalue weighted by Crippen LogP contribution is 2.23. The molecule has 1 aliphatic heterocycles. The van der Waals surface area contributed by atoms with Crippen molar-refractivity contribution in [2.75, 3.05) is 26.2 Å². The molecule has 2 heterocycles. The van der Waals surface area contributed by atoms with E-state index in [0.717, 1.165) is 23.1 Å². The molecule has 3 aromatic rings. The van der Waals surface area contributed by atoms with Crippen molar-refractivity contribution in [3.05, 3.63) is 72.8 Å². The number of carbonyl (C=O) groups excluding carboxylic acids is 2. The van der Waals surface area contributed by atoms with Crippen molar-refractivity contribution in [1.29, 1.82) is 0 Å². The quantitative estimate of drug-likeness (QED) is 0.577. The number of hydrogen-bond acceptors (Lipinski definition) is 4. The highest BCUT2D eigenvalue weighted by Gasteiger charge is 2.32. The maximum absolute atomic E-state index is 13.3. The molecule has 32 heavy (non-hydrogen) atoms. The van der Waals surface area contributed by atoms with Crippen molar-refractivity contribution < 1.29 is 9.59 Å². The molecule has 4 rings (SSSR count). The van der Waals surface area contributed by atoms with Gasteiger partial charge in [-0.1, -0.05) is 61.5 Å². The van der Waals surface area contributed by atoms with Gasteiger partial charge in [0.05, 0.1) is 5.92 Å². The molecule has 2 amide bonds. The predicted molar refractivity (Wildman–Crippen MR) is 123 cm³/mol. The second kappa shape index (κ2) is 10.2. The number of amides is 2. The Morgan fingerprint density at radius 2 is 1.88 bits per heavy atom. The van der Waals surface area contributed by atoms with E-state index >= 15 is 0 Å². The molecule has 0 unspecified atom stereocenters. The highest BCUT2D eigenvalue weighted by atomic mass is 16.2. The molecule has 0 radical (unpaired) electrons. The average Bonchev–Trinajstić information content (AvgIpc) is 3.28. The van der Waals surface area contributed by atoms with Gasteiger partial charge in [-0.3, -0.25) is 9.59 Å². The lowest BCUT2D eigenvalue weighted by Gasteiger charge is -2.24. The first kappa shape index (κ1) is 21.7. The van der Waals surface area contributed by atoms with E-state index in [1.165, 1.54) is 17.3 Å². The van der Waals surface area contributed by atoms with E-state index < -0.39 is 0 Å². The Morgan fingerprint density at radius 3 is 2.62 bits per heavy atom. The van der Waals surface area contributed by atoms with Gasteiger partial charge in [0.1, 0.15) is 19.2 Å². The van der Waals surface area contributed by atoms with Crippen LogP contribution in [-0.4, -0.2) is 62.6 Å². The van der Waals surface area contributed by atoms with Crippen molar-refractivity contribution in [2.45, 2.75) is 26.3 Å². The van der Waals surface area contributed by atoms with Gasteiger partial charge in [-0.25, -0.2) is 9.67 Å². The first-order valence-electron chi connectivity index (χ1n) is 11.2. The van der Waals surface area contributed by atoms with Gasteiger partial charge >= 0.3 is 0 Å². The zero-order chi connectivity index (χ0) is 22.3. The van der Waals surface area contributed by atoms with Gasteiger partial charge in [-0.15, -0.1) is 0 Å². The molecular weight excluding hydrogens is 402 g/mol. The molecule has 1 saturated heterocycles. The van der Waals surface area contributed by atoms with Crippen LogP contribution in [0.2, 0.25) is 0 Å². The molecule has 0 spiro atoms. The zero-order valence-corrected chi connectivity index (χ0v) is 18.4. The Labute approximate surface area is 188 Å². The second-order valence-electron chi connectivity index (χ2n) is 8.23. The van der Waals surface area contributed by atoms with Crippen LogP contribution in [-0.2, 0) is 22.6 Å². The molecule has 166 valence electrons. The Hall–Kier alpha value is -3.48. The van der Waals surface area contributed by atoms with Crippen LogP contribution in [0.3, 0.4) is 0 Å². The molecule has 0 aliphatic carbocycles. The van der Waals surface area contributed by atoms with Crippen molar-refractivity contribution >= 4 is 11.8 Å². The van der Waals surface area contributed by atoms with Gasteiger partial charge < -0.3 is 9.80 Å². The summed E-state index contributed by atoms with van der Waals surface area (Å²) < 4.78 is 1.52. The minimum absolute atomic E-state index is 0.0373. The van der Waals surface area contributed by atoms with E-state index in [2.05, 4.69) is 47.3 Å². The Kier molecular flexibility index (Phi) is 6.94. The summed E-state index contributed by atoms with van der Waals surface area (Å²) >= 11 is 0. The smallest absolute Gasteiger partial charge is 0.244 e. The Bertz CT molecular complexity index is 1040. The number of nitrogens with zero attached hydrogens (tertiary/aromatic N) is 5. The van der Waals surface area contributed by atoms with Crippen LogP contribution < -0.4 is 0 Å². The first-order valence-corrected chi connectivity index (χ1v) is 11.2. The third-order valence-electron chi connectivity index (χ3n) is 5.87. The number of rotatable bonds is 7. The topological polar surface area (TPSA) is 71.3 Å². The van der Waals surface area contributed by atoms with Gasteiger partial charge in [-0.2, -0.15) is 5.10 Å². The summed E-state index contributed by atoms with van der Waals surface area (Å²) in [5.74, 6) is -0.174. The summed E-state index contributed by atoms with van der Waals surface area (Å²) in [5.41, 5.74) is 3.39. The van der Waals surface area contributed by atoms with Crippen LogP contribution >= 0.6 is 0 Å². The summed E-state index contributed by atoms with van der Waals surface area (Å²) in [6.07, 6.45) is 4.46. The summed E-state index contributed by atoms with van der Waals surface area (Å²) in [7, 11) is 0. The fraction of sp³-hybridized carbons (Fsp3) is 0.360. The Balaban J connectivity index is 1.54. The minimum Gasteiger partial charge on any atom is -0.341 e. The SMILES string of the molecule is CCCN1CCN(C(=O)Cn2cncn2)C[C@H](Cc2cccc(-c3ccccc3)c2)C1=O. The summed E-state index contributed by atoms with van der Waals surface area (Å²) in [6.45, 7) is 4.45. The van der Waals surface area contributed by atoms with E-state index in [9.17, 15) is 9.59 Å². The first-order chi connectivity index (χ1) is 15.6. The van der Waals surface area contributed by atoms with Crippen LogP contribution in [0, 0.1) is 5.92 Å². The number of benzene rings is 2. The summed E-state index contributed by atoms with van der Waals surface area (Å²) in [4.78, 5) is 33.9. The number of carbonyl (C=O) groups is 2. The molecule has 0 bridgehead atoms. The van der Waals surface area contributed by atoms with Gasteiger partial charge in [0, 0.05) is 26.2 Å². The van der Waals surface area contributed by atoms with Crippen LogP contribution in [0.15, 0.2) is 67.3 Å². The summed E-state index contributed by atoms with van der Waals surface area (Å²) in [6, 6.07) is 18.6. The van der Waals surface area contributed by atoms with Crippen LogP contribution in [0.4, 0.5) is 0 Å². The minimum atomic E-state index is -0.269. The molecule has 1 aromatic heterocycles. The molecular formula is C25H29N5O2. The average molecular weight is 432 g/mol. The van der Waals surface area contributed by atoms with Crippen molar-refractivity contribution in [2.24, 2.45) is 5.92 Å². The predicted octanol–water partition coefficient (Wildman–Crippen LogP) is 2.88. The lowest BCUT2D eigenvalue weighted by atomic mass is 9.94. The number of aromatic nitrogens is 3. The normalized spacial score (nSPS) is 16.8. The maximum Gasteiger partial charge on any atom is 0.244 e. The lowest BCUT2D eigenvalue weighted by molar-refractivity contribution is -0.135.